The lowest BCUT2D eigenvalue weighted by Gasteiger charge is -2.36. The van der Waals surface area contributed by atoms with Crippen molar-refractivity contribution in [2.24, 2.45) is 5.41 Å². The fraction of sp³-hybridized carbons (Fsp3) is 0.923. The average molecular weight is 295 g/mol. The number of amides is 1. The highest BCUT2D eigenvalue weighted by Gasteiger charge is 2.43. The number of nitrogens with one attached hydrogen (secondary N) is 2. The van der Waals surface area contributed by atoms with Crippen LogP contribution in [0, 0.1) is 5.41 Å². The molecule has 0 radical (unpaired) electrons. The van der Waals surface area contributed by atoms with Crippen LogP contribution in [0.25, 0.3) is 0 Å². The number of carbonyl (C=O) groups is 1. The molecule has 1 saturated heterocycles. The number of hydrogen-bond acceptors (Lipinski definition) is 3. The van der Waals surface area contributed by atoms with Gasteiger partial charge in [-0.25, -0.2) is 0 Å². The first-order valence-corrected chi connectivity index (χ1v) is 6.88. The van der Waals surface area contributed by atoms with Crippen LogP contribution in [0.15, 0.2) is 0 Å². The van der Waals surface area contributed by atoms with Crippen LogP contribution in [0.2, 0.25) is 0 Å². The zero-order valence-corrected chi connectivity index (χ0v) is 12.3. The van der Waals surface area contributed by atoms with Crippen LogP contribution in [-0.2, 0) is 4.79 Å². The number of halogens is 3. The van der Waals surface area contributed by atoms with Crippen molar-refractivity contribution in [1.29, 1.82) is 0 Å². The second-order valence-corrected chi connectivity index (χ2v) is 6.38. The van der Waals surface area contributed by atoms with Crippen molar-refractivity contribution in [2.45, 2.75) is 39.4 Å². The summed E-state index contributed by atoms with van der Waals surface area (Å²) in [5, 5.41) is 5.44. The molecular weight excluding hydrogens is 271 g/mol. The maximum Gasteiger partial charge on any atom is 0.405 e. The van der Waals surface area contributed by atoms with Crippen molar-refractivity contribution in [3.8, 4) is 0 Å². The van der Waals surface area contributed by atoms with E-state index in [0.717, 1.165) is 0 Å². The Kier molecular flexibility index (Phi) is 5.82. The van der Waals surface area contributed by atoms with Gasteiger partial charge in [-0.3, -0.25) is 9.69 Å². The Morgan fingerprint density at radius 2 is 1.80 bits per heavy atom. The second kappa shape index (κ2) is 6.76. The minimum absolute atomic E-state index is 0.221. The van der Waals surface area contributed by atoms with Crippen LogP contribution in [0.1, 0.15) is 27.2 Å². The monoisotopic (exact) mass is 295 g/mol. The van der Waals surface area contributed by atoms with Crippen LogP contribution in [0.3, 0.4) is 0 Å². The van der Waals surface area contributed by atoms with Crippen LogP contribution >= 0.6 is 0 Å². The van der Waals surface area contributed by atoms with E-state index in [9.17, 15) is 18.0 Å². The largest absolute Gasteiger partial charge is 0.405 e. The van der Waals surface area contributed by atoms with E-state index >= 15 is 0 Å². The quantitative estimate of drug-likeness (QED) is 0.823. The van der Waals surface area contributed by atoms with E-state index in [4.69, 9.17) is 0 Å². The average Bonchev–Trinajstić information content (AvgIpc) is 2.26. The summed E-state index contributed by atoms with van der Waals surface area (Å²) in [6.45, 7) is 7.04. The van der Waals surface area contributed by atoms with Gasteiger partial charge in [0.05, 0.1) is 0 Å². The lowest BCUT2D eigenvalue weighted by Crippen LogP contribution is -2.57. The molecule has 1 amide bonds. The fourth-order valence-electron chi connectivity index (χ4n) is 2.20. The molecule has 0 saturated carbocycles. The van der Waals surface area contributed by atoms with Crippen molar-refractivity contribution < 1.29 is 18.0 Å². The topological polar surface area (TPSA) is 44.4 Å². The smallest absolute Gasteiger partial charge is 0.354 e. The number of hydrogen-bond donors (Lipinski definition) is 2. The first-order valence-electron chi connectivity index (χ1n) is 6.88. The molecule has 20 heavy (non-hydrogen) atoms. The molecule has 1 rings (SSSR count). The fourth-order valence-corrected chi connectivity index (χ4v) is 2.20. The predicted molar refractivity (Wildman–Crippen MR) is 71.4 cm³/mol. The van der Waals surface area contributed by atoms with E-state index in [2.05, 4.69) is 10.6 Å². The number of nitrogens with zero attached hydrogens (tertiary/aromatic N) is 1. The first kappa shape index (κ1) is 17.2. The van der Waals surface area contributed by atoms with Crippen LogP contribution in [0.5, 0.6) is 0 Å². The Hall–Kier alpha value is -0.820. The minimum Gasteiger partial charge on any atom is -0.354 e. The van der Waals surface area contributed by atoms with Gasteiger partial charge < -0.3 is 10.6 Å². The third-order valence-electron chi connectivity index (χ3n) is 3.15. The Bertz CT molecular complexity index is 320. The van der Waals surface area contributed by atoms with E-state index in [1.165, 1.54) is 4.90 Å². The minimum atomic E-state index is -4.33. The summed E-state index contributed by atoms with van der Waals surface area (Å²) in [7, 11) is 0. The molecule has 0 spiro atoms. The van der Waals surface area contributed by atoms with Crippen LogP contribution in [0.4, 0.5) is 13.2 Å². The molecular formula is C13H24F3N3O. The van der Waals surface area contributed by atoms with Gasteiger partial charge in [0.25, 0.3) is 0 Å². The number of rotatable bonds is 4. The molecule has 0 aromatic carbocycles. The Labute approximate surface area is 118 Å². The molecule has 1 aliphatic rings. The zero-order valence-electron chi connectivity index (χ0n) is 12.3. The van der Waals surface area contributed by atoms with Gasteiger partial charge in [0.1, 0.15) is 6.04 Å². The van der Waals surface area contributed by atoms with Crippen molar-refractivity contribution in [1.82, 2.24) is 15.5 Å². The normalized spacial score (nSPS) is 19.7. The molecule has 0 aromatic rings. The van der Waals surface area contributed by atoms with E-state index in [-0.39, 0.29) is 24.3 Å². The maximum atomic E-state index is 13.1. The summed E-state index contributed by atoms with van der Waals surface area (Å²) in [5.41, 5.74) is -0.229. The lowest BCUT2D eigenvalue weighted by molar-refractivity contribution is -0.184. The highest BCUT2D eigenvalue weighted by atomic mass is 19.4. The molecule has 0 aromatic heterocycles. The predicted octanol–water partition coefficient (Wildman–Crippen LogP) is 1.37. The van der Waals surface area contributed by atoms with E-state index in [0.29, 0.717) is 26.2 Å². The highest BCUT2D eigenvalue weighted by molar-refractivity contribution is 5.76. The van der Waals surface area contributed by atoms with Crippen molar-refractivity contribution >= 4 is 5.91 Å². The van der Waals surface area contributed by atoms with Gasteiger partial charge in [-0.2, -0.15) is 13.2 Å². The molecule has 1 unspecified atom stereocenters. The SMILES string of the molecule is CC(C)(C)CC(=O)NCC(N1CCNCC1)C(F)(F)F. The Balaban J connectivity index is 2.55. The van der Waals surface area contributed by atoms with Gasteiger partial charge in [-0.05, 0) is 5.41 Å². The van der Waals surface area contributed by atoms with E-state index in [1.807, 2.05) is 20.8 Å². The van der Waals surface area contributed by atoms with Crippen molar-refractivity contribution in [3.63, 3.8) is 0 Å². The molecule has 4 nitrogen and oxygen atoms in total. The van der Waals surface area contributed by atoms with Crippen molar-refractivity contribution in [3.05, 3.63) is 0 Å². The summed E-state index contributed by atoms with van der Waals surface area (Å²) in [4.78, 5) is 13.0. The van der Waals surface area contributed by atoms with Gasteiger partial charge in [-0.15, -0.1) is 0 Å². The Morgan fingerprint density at radius 3 is 2.25 bits per heavy atom. The van der Waals surface area contributed by atoms with Gasteiger partial charge in [0, 0.05) is 39.1 Å². The van der Waals surface area contributed by atoms with Crippen LogP contribution < -0.4 is 10.6 Å². The maximum absolute atomic E-state index is 13.1. The number of piperazine rings is 1. The van der Waals surface area contributed by atoms with Crippen LogP contribution in [-0.4, -0.2) is 55.7 Å². The summed E-state index contributed by atoms with van der Waals surface area (Å²) in [6.07, 6.45) is -4.11. The number of alkyl halides is 3. The molecule has 1 heterocycles. The molecule has 1 aliphatic heterocycles. The summed E-state index contributed by atoms with van der Waals surface area (Å²) < 4.78 is 39.2. The molecule has 1 fully saturated rings. The molecule has 0 bridgehead atoms. The summed E-state index contributed by atoms with van der Waals surface area (Å²) >= 11 is 0. The first-order chi connectivity index (χ1) is 9.09. The third-order valence-corrected chi connectivity index (χ3v) is 3.15. The lowest BCUT2D eigenvalue weighted by atomic mass is 9.92. The molecule has 2 N–H and O–H groups in total. The highest BCUT2D eigenvalue weighted by Crippen LogP contribution is 2.25. The van der Waals surface area contributed by atoms with Gasteiger partial charge >= 0.3 is 6.18 Å². The summed E-state index contributed by atoms with van der Waals surface area (Å²) in [6, 6.07) is -1.60. The van der Waals surface area contributed by atoms with Gasteiger partial charge in [0.2, 0.25) is 5.91 Å². The zero-order chi connectivity index (χ0) is 15.4. The number of carbonyl (C=O) groups excluding carboxylic acids is 1. The third kappa shape index (κ3) is 6.09. The molecule has 118 valence electrons. The molecule has 1 atom stereocenters. The Morgan fingerprint density at radius 1 is 1.25 bits per heavy atom. The van der Waals surface area contributed by atoms with E-state index < -0.39 is 12.2 Å². The molecule has 7 heteroatoms. The second-order valence-electron chi connectivity index (χ2n) is 6.38. The van der Waals surface area contributed by atoms with Gasteiger partial charge in [-0.1, -0.05) is 20.8 Å². The van der Waals surface area contributed by atoms with Gasteiger partial charge in [0.15, 0.2) is 0 Å². The molecule has 0 aliphatic carbocycles. The summed E-state index contributed by atoms with van der Waals surface area (Å²) in [5.74, 6) is -0.332. The van der Waals surface area contributed by atoms with E-state index in [1.54, 1.807) is 0 Å². The van der Waals surface area contributed by atoms with Crippen molar-refractivity contribution in [2.75, 3.05) is 32.7 Å². The standard InChI is InChI=1S/C13H24F3N3O/c1-12(2,3)8-11(20)18-9-10(13(14,15)16)19-6-4-17-5-7-19/h10,17H,4-9H2,1-3H3,(H,18,20).